The lowest BCUT2D eigenvalue weighted by atomic mass is 9.85. The molecule has 1 aliphatic rings. The summed E-state index contributed by atoms with van der Waals surface area (Å²) in [5.41, 5.74) is 1.99. The number of β-amino-alcohol motifs (C(OH)–C–C–N with tert-alkyl or cyclic N) is 1. The average molecular weight is 415 g/mol. The second-order valence-corrected chi connectivity index (χ2v) is 8.69. The number of nitrogens with one attached hydrogen (secondary N) is 2. The van der Waals surface area contributed by atoms with Crippen LogP contribution in [0, 0.1) is 5.41 Å². The predicted molar refractivity (Wildman–Crippen MR) is 114 cm³/mol. The molecule has 0 radical (unpaired) electrons. The zero-order chi connectivity index (χ0) is 22.1. The lowest BCUT2D eigenvalue weighted by molar-refractivity contribution is -0.144. The fraction of sp³-hybridized carbons (Fsp3) is 0.524. The number of likely N-dealkylation sites (tertiary alicyclic amines) is 1. The topological polar surface area (TPSA) is 112 Å². The van der Waals surface area contributed by atoms with E-state index in [4.69, 9.17) is 0 Å². The molecule has 1 saturated heterocycles. The van der Waals surface area contributed by atoms with Crippen molar-refractivity contribution in [1.29, 1.82) is 0 Å². The first-order valence-electron chi connectivity index (χ1n) is 10.1. The summed E-state index contributed by atoms with van der Waals surface area (Å²) in [6.45, 7) is 5.95. The average Bonchev–Trinajstić information content (AvgIpc) is 3.33. The molecule has 1 aliphatic heterocycles. The Bertz CT molecular complexity index is 919. The second kappa shape index (κ2) is 8.43. The largest absolute Gasteiger partial charge is 0.391 e. The summed E-state index contributed by atoms with van der Waals surface area (Å²) in [7, 11) is 3.37. The van der Waals surface area contributed by atoms with E-state index in [0.29, 0.717) is 5.69 Å². The van der Waals surface area contributed by atoms with Crippen molar-refractivity contribution in [1.82, 2.24) is 25.2 Å². The van der Waals surface area contributed by atoms with E-state index < -0.39 is 23.6 Å². The molecule has 0 aliphatic carbocycles. The summed E-state index contributed by atoms with van der Waals surface area (Å²) in [4.78, 5) is 27.3. The number of aliphatic hydroxyl groups excluding tert-OH is 1. The van der Waals surface area contributed by atoms with Crippen LogP contribution in [0.15, 0.2) is 30.5 Å². The van der Waals surface area contributed by atoms with E-state index in [0.717, 1.165) is 11.3 Å². The molecule has 0 saturated carbocycles. The van der Waals surface area contributed by atoms with Crippen LogP contribution in [0.25, 0.3) is 11.3 Å². The SMILES string of the molecule is CNC(=O)[C@H]1CC(O)CN1C(=O)C(n1cc(-c2cccc(NC)c2)nn1)C(C)(C)C. The van der Waals surface area contributed by atoms with E-state index in [1.165, 1.54) is 11.9 Å². The number of anilines is 1. The van der Waals surface area contributed by atoms with Gasteiger partial charge in [0, 0.05) is 38.3 Å². The van der Waals surface area contributed by atoms with E-state index in [-0.39, 0.29) is 24.8 Å². The highest BCUT2D eigenvalue weighted by atomic mass is 16.3. The number of hydrogen-bond donors (Lipinski definition) is 3. The minimum atomic E-state index is -0.729. The molecular weight excluding hydrogens is 384 g/mol. The summed E-state index contributed by atoms with van der Waals surface area (Å²) in [5.74, 6) is -0.538. The molecule has 30 heavy (non-hydrogen) atoms. The fourth-order valence-corrected chi connectivity index (χ4v) is 3.88. The Morgan fingerprint density at radius 1 is 1.27 bits per heavy atom. The maximum atomic E-state index is 13.6. The van der Waals surface area contributed by atoms with Crippen molar-refractivity contribution in [2.75, 3.05) is 26.0 Å². The minimum absolute atomic E-state index is 0.120. The molecule has 2 unspecified atom stereocenters. The van der Waals surface area contributed by atoms with Crippen molar-refractivity contribution in [3.05, 3.63) is 30.5 Å². The van der Waals surface area contributed by atoms with Gasteiger partial charge in [-0.3, -0.25) is 9.59 Å². The number of amides is 2. The Morgan fingerprint density at radius 3 is 2.63 bits per heavy atom. The summed E-state index contributed by atoms with van der Waals surface area (Å²) >= 11 is 0. The molecule has 1 fully saturated rings. The lowest BCUT2D eigenvalue weighted by Crippen LogP contribution is -2.49. The van der Waals surface area contributed by atoms with Crippen LogP contribution in [0.4, 0.5) is 5.69 Å². The first-order chi connectivity index (χ1) is 14.2. The van der Waals surface area contributed by atoms with E-state index >= 15 is 0 Å². The number of aromatic nitrogens is 3. The van der Waals surface area contributed by atoms with Gasteiger partial charge in [-0.05, 0) is 17.5 Å². The summed E-state index contributed by atoms with van der Waals surface area (Å²) in [5, 5.41) is 24.3. The van der Waals surface area contributed by atoms with Gasteiger partial charge in [0.25, 0.3) is 0 Å². The van der Waals surface area contributed by atoms with Crippen molar-refractivity contribution in [2.24, 2.45) is 5.41 Å². The Labute approximate surface area is 176 Å². The summed E-state index contributed by atoms with van der Waals surface area (Å²) in [6, 6.07) is 6.39. The number of carbonyl (C=O) groups excluding carboxylic acids is 2. The first kappa shape index (κ1) is 21.8. The quantitative estimate of drug-likeness (QED) is 0.680. The van der Waals surface area contributed by atoms with E-state index in [1.54, 1.807) is 10.9 Å². The van der Waals surface area contributed by atoms with Gasteiger partial charge in [-0.1, -0.05) is 38.1 Å². The standard InChI is InChI=1S/C21H30N6O3/c1-21(2,3)18(20(30)26-11-15(28)10-17(26)19(29)23-5)27-12-16(24-25-27)13-7-6-8-14(9-13)22-4/h6-9,12,15,17-18,22,28H,10-11H2,1-5H3,(H,23,29)/t15?,17-,18?/m1/s1. The van der Waals surface area contributed by atoms with E-state index in [2.05, 4.69) is 20.9 Å². The van der Waals surface area contributed by atoms with Gasteiger partial charge in [0.2, 0.25) is 11.8 Å². The van der Waals surface area contributed by atoms with Crippen molar-refractivity contribution >= 4 is 17.5 Å². The van der Waals surface area contributed by atoms with E-state index in [9.17, 15) is 14.7 Å². The second-order valence-electron chi connectivity index (χ2n) is 8.69. The molecule has 2 heterocycles. The van der Waals surface area contributed by atoms with Crippen LogP contribution in [0.3, 0.4) is 0 Å². The third-order valence-corrected chi connectivity index (χ3v) is 5.39. The predicted octanol–water partition coefficient (Wildman–Crippen LogP) is 1.28. The zero-order valence-corrected chi connectivity index (χ0v) is 18.1. The number of nitrogens with zero attached hydrogens (tertiary/aromatic N) is 4. The molecule has 0 bridgehead atoms. The Kier molecular flexibility index (Phi) is 6.12. The monoisotopic (exact) mass is 414 g/mol. The highest BCUT2D eigenvalue weighted by Crippen LogP contribution is 2.35. The Morgan fingerprint density at radius 2 is 2.00 bits per heavy atom. The number of rotatable bonds is 5. The molecule has 1 aromatic carbocycles. The van der Waals surface area contributed by atoms with Gasteiger partial charge in [-0.25, -0.2) is 4.68 Å². The van der Waals surface area contributed by atoms with Crippen molar-refractivity contribution in [3.63, 3.8) is 0 Å². The minimum Gasteiger partial charge on any atom is -0.391 e. The number of benzene rings is 1. The lowest BCUT2D eigenvalue weighted by Gasteiger charge is -2.34. The number of carbonyl (C=O) groups is 2. The molecule has 2 amide bonds. The molecule has 3 rings (SSSR count). The molecule has 3 atom stereocenters. The highest BCUT2D eigenvalue weighted by molar-refractivity contribution is 5.90. The number of aliphatic hydroxyl groups is 1. The third kappa shape index (κ3) is 4.30. The maximum Gasteiger partial charge on any atom is 0.248 e. The van der Waals surface area contributed by atoms with Gasteiger partial charge in [0.1, 0.15) is 17.8 Å². The summed E-state index contributed by atoms with van der Waals surface area (Å²) < 4.78 is 1.56. The van der Waals surface area contributed by atoms with Gasteiger partial charge >= 0.3 is 0 Å². The van der Waals surface area contributed by atoms with Gasteiger partial charge in [-0.2, -0.15) is 0 Å². The van der Waals surface area contributed by atoms with Crippen molar-refractivity contribution < 1.29 is 14.7 Å². The van der Waals surface area contributed by atoms with E-state index in [1.807, 2.05) is 52.1 Å². The maximum absolute atomic E-state index is 13.6. The van der Waals surface area contributed by atoms with Crippen molar-refractivity contribution in [2.45, 2.75) is 45.4 Å². The smallest absolute Gasteiger partial charge is 0.248 e. The molecule has 3 N–H and O–H groups in total. The molecule has 2 aromatic rings. The van der Waals surface area contributed by atoms with Crippen LogP contribution in [0.2, 0.25) is 0 Å². The molecular formula is C21H30N6O3. The molecule has 1 aromatic heterocycles. The number of hydrogen-bond acceptors (Lipinski definition) is 6. The molecule has 9 heteroatoms. The van der Waals surface area contributed by atoms with Crippen LogP contribution in [-0.2, 0) is 9.59 Å². The van der Waals surface area contributed by atoms with Crippen LogP contribution >= 0.6 is 0 Å². The van der Waals surface area contributed by atoms with Gasteiger partial charge in [0.15, 0.2) is 0 Å². The Balaban J connectivity index is 1.95. The van der Waals surface area contributed by atoms with Crippen molar-refractivity contribution in [3.8, 4) is 11.3 Å². The van der Waals surface area contributed by atoms with Crippen LogP contribution < -0.4 is 10.6 Å². The normalized spacial score (nSPS) is 20.1. The van der Waals surface area contributed by atoms with Gasteiger partial charge in [-0.15, -0.1) is 5.10 Å². The molecule has 0 spiro atoms. The summed E-state index contributed by atoms with van der Waals surface area (Å²) in [6.07, 6.45) is 1.25. The van der Waals surface area contributed by atoms with Gasteiger partial charge in [0.05, 0.1) is 12.3 Å². The first-order valence-corrected chi connectivity index (χ1v) is 10.1. The highest BCUT2D eigenvalue weighted by Gasteiger charge is 2.45. The fourth-order valence-electron chi connectivity index (χ4n) is 3.88. The van der Waals surface area contributed by atoms with Crippen LogP contribution in [0.5, 0.6) is 0 Å². The van der Waals surface area contributed by atoms with Gasteiger partial charge < -0.3 is 20.6 Å². The Hall–Kier alpha value is -2.94. The molecule has 162 valence electrons. The van der Waals surface area contributed by atoms with Crippen LogP contribution in [-0.4, -0.2) is 69.6 Å². The number of likely N-dealkylation sites (N-methyl/N-ethyl adjacent to an activating group) is 1. The third-order valence-electron chi connectivity index (χ3n) is 5.39. The van der Waals surface area contributed by atoms with Crippen LogP contribution in [0.1, 0.15) is 33.2 Å². The zero-order valence-electron chi connectivity index (χ0n) is 18.1. The molecule has 9 nitrogen and oxygen atoms in total.